The Labute approximate surface area is 186 Å². The van der Waals surface area contributed by atoms with E-state index in [2.05, 4.69) is 34.8 Å². The molecule has 0 bridgehead atoms. The third-order valence-electron chi connectivity index (χ3n) is 5.68. The lowest BCUT2D eigenvalue weighted by Crippen LogP contribution is -2.25. The van der Waals surface area contributed by atoms with Gasteiger partial charge in [-0.25, -0.2) is 5.43 Å². The van der Waals surface area contributed by atoms with Crippen LogP contribution >= 0.6 is 0 Å². The minimum absolute atomic E-state index is 0.127. The summed E-state index contributed by atoms with van der Waals surface area (Å²) >= 11 is 0. The molecule has 1 unspecified atom stereocenters. The molecule has 1 atom stereocenters. The first-order chi connectivity index (χ1) is 15.5. The second-order valence-electron chi connectivity index (χ2n) is 7.70. The van der Waals surface area contributed by atoms with Crippen molar-refractivity contribution in [2.24, 2.45) is 11.0 Å². The Kier molecular flexibility index (Phi) is 6.03. The number of hydrogen-bond acceptors (Lipinski definition) is 5. The molecule has 6 nitrogen and oxygen atoms in total. The molecule has 1 fully saturated rings. The molecular formula is C26H24N2O4. The predicted molar refractivity (Wildman–Crippen MR) is 122 cm³/mol. The van der Waals surface area contributed by atoms with Crippen LogP contribution in [0.2, 0.25) is 0 Å². The smallest absolute Gasteiger partial charge is 0.308 e. The second-order valence-corrected chi connectivity index (χ2v) is 7.70. The number of benzene rings is 3. The Morgan fingerprint density at radius 1 is 0.969 bits per heavy atom. The van der Waals surface area contributed by atoms with Crippen LogP contribution in [0.1, 0.15) is 30.0 Å². The quantitative estimate of drug-likeness (QED) is 0.266. The van der Waals surface area contributed by atoms with Gasteiger partial charge in [-0.15, -0.1) is 0 Å². The van der Waals surface area contributed by atoms with Crippen molar-refractivity contribution in [2.45, 2.75) is 18.8 Å². The summed E-state index contributed by atoms with van der Waals surface area (Å²) in [6.07, 6.45) is 2.26. The zero-order valence-electron chi connectivity index (χ0n) is 17.9. The highest BCUT2D eigenvalue weighted by Crippen LogP contribution is 2.58. The maximum Gasteiger partial charge on any atom is 0.308 e. The molecule has 32 heavy (non-hydrogen) atoms. The van der Waals surface area contributed by atoms with E-state index in [1.54, 1.807) is 18.2 Å². The SMILES string of the molecule is COc1cc(/C=N/NC(=O)C2CC2(c2ccccc2)c2ccccc2)ccc1OC(C)=O. The molecule has 1 N–H and O–H groups in total. The highest BCUT2D eigenvalue weighted by atomic mass is 16.6. The number of hydrazone groups is 1. The lowest BCUT2D eigenvalue weighted by atomic mass is 9.85. The molecule has 0 aromatic heterocycles. The minimum atomic E-state index is -0.429. The molecule has 1 aliphatic carbocycles. The Bertz CT molecular complexity index is 1100. The fourth-order valence-corrected chi connectivity index (χ4v) is 4.11. The third-order valence-corrected chi connectivity index (χ3v) is 5.68. The summed E-state index contributed by atoms with van der Waals surface area (Å²) < 4.78 is 10.4. The molecule has 0 spiro atoms. The Morgan fingerprint density at radius 2 is 1.59 bits per heavy atom. The monoisotopic (exact) mass is 428 g/mol. The van der Waals surface area contributed by atoms with Gasteiger partial charge < -0.3 is 9.47 Å². The number of rotatable bonds is 7. The van der Waals surface area contributed by atoms with Crippen LogP contribution in [-0.4, -0.2) is 25.2 Å². The lowest BCUT2D eigenvalue weighted by molar-refractivity contribution is -0.132. The molecule has 0 aliphatic heterocycles. The van der Waals surface area contributed by atoms with Gasteiger partial charge in [0.15, 0.2) is 11.5 Å². The summed E-state index contributed by atoms with van der Waals surface area (Å²) in [5.74, 6) is -0.0241. The first kappa shape index (κ1) is 21.3. The van der Waals surface area contributed by atoms with Crippen molar-refractivity contribution in [3.05, 3.63) is 95.6 Å². The Balaban J connectivity index is 1.49. The zero-order chi connectivity index (χ0) is 22.6. The van der Waals surface area contributed by atoms with Crippen molar-refractivity contribution in [3.63, 3.8) is 0 Å². The van der Waals surface area contributed by atoms with Gasteiger partial charge in [-0.2, -0.15) is 5.10 Å². The topological polar surface area (TPSA) is 77.0 Å². The molecule has 3 aromatic rings. The molecule has 0 heterocycles. The molecule has 162 valence electrons. The van der Waals surface area contributed by atoms with Crippen molar-refractivity contribution in [3.8, 4) is 11.5 Å². The minimum Gasteiger partial charge on any atom is -0.493 e. The normalized spacial score (nSPS) is 16.4. The first-order valence-corrected chi connectivity index (χ1v) is 10.3. The van der Waals surface area contributed by atoms with Gasteiger partial charge in [0.05, 0.1) is 19.2 Å². The molecule has 0 radical (unpaired) electrons. The number of methoxy groups -OCH3 is 1. The van der Waals surface area contributed by atoms with Crippen LogP contribution < -0.4 is 14.9 Å². The number of carbonyl (C=O) groups excluding carboxylic acids is 2. The zero-order valence-corrected chi connectivity index (χ0v) is 17.9. The molecule has 6 heteroatoms. The van der Waals surface area contributed by atoms with Crippen molar-refractivity contribution >= 4 is 18.1 Å². The van der Waals surface area contributed by atoms with Crippen LogP contribution in [0.25, 0.3) is 0 Å². The standard InChI is InChI=1S/C26H24N2O4/c1-18(29)32-23-14-13-19(15-24(23)31-2)17-27-28-25(30)22-16-26(22,20-9-5-3-6-10-20)21-11-7-4-8-12-21/h3-15,17,22H,16H2,1-2H3,(H,28,30)/b27-17+. The van der Waals surface area contributed by atoms with Crippen molar-refractivity contribution in [2.75, 3.05) is 7.11 Å². The highest BCUT2D eigenvalue weighted by Gasteiger charge is 2.60. The Morgan fingerprint density at radius 3 is 2.16 bits per heavy atom. The first-order valence-electron chi connectivity index (χ1n) is 10.3. The molecule has 1 amide bonds. The second kappa shape index (κ2) is 9.06. The number of carbonyl (C=O) groups is 2. The maximum atomic E-state index is 12.9. The van der Waals surface area contributed by atoms with Gasteiger partial charge >= 0.3 is 5.97 Å². The number of hydrogen-bond donors (Lipinski definition) is 1. The van der Waals surface area contributed by atoms with Crippen LogP contribution in [0.5, 0.6) is 11.5 Å². The molecule has 1 aliphatic rings. The average Bonchev–Trinajstić information content (AvgIpc) is 3.58. The highest BCUT2D eigenvalue weighted by molar-refractivity contribution is 5.88. The number of ether oxygens (including phenoxy) is 2. The number of esters is 1. The van der Waals surface area contributed by atoms with Gasteiger partial charge in [0.25, 0.3) is 0 Å². The summed E-state index contributed by atoms with van der Waals surface area (Å²) in [5.41, 5.74) is 5.29. The van der Waals surface area contributed by atoms with Crippen LogP contribution in [0.3, 0.4) is 0 Å². The number of amides is 1. The summed E-state index contributed by atoms with van der Waals surface area (Å²) in [7, 11) is 1.49. The summed E-state index contributed by atoms with van der Waals surface area (Å²) in [6, 6.07) is 25.3. The van der Waals surface area contributed by atoms with E-state index in [4.69, 9.17) is 9.47 Å². The molecule has 3 aromatic carbocycles. The fourth-order valence-electron chi connectivity index (χ4n) is 4.11. The van der Waals surface area contributed by atoms with Crippen molar-refractivity contribution in [1.82, 2.24) is 5.43 Å². The molecule has 4 rings (SSSR count). The van der Waals surface area contributed by atoms with Crippen LogP contribution in [0, 0.1) is 5.92 Å². The molecule has 0 saturated heterocycles. The summed E-state index contributed by atoms with van der Waals surface area (Å²) in [6.45, 7) is 1.33. The van der Waals surface area contributed by atoms with E-state index < -0.39 is 5.97 Å². The maximum absolute atomic E-state index is 12.9. The van der Waals surface area contributed by atoms with Gasteiger partial charge in [-0.1, -0.05) is 60.7 Å². The fraction of sp³-hybridized carbons (Fsp3) is 0.192. The van der Waals surface area contributed by atoms with Crippen LogP contribution in [0.15, 0.2) is 84.0 Å². The number of nitrogens with zero attached hydrogens (tertiary/aromatic N) is 1. The van der Waals surface area contributed by atoms with E-state index >= 15 is 0 Å². The van der Waals surface area contributed by atoms with E-state index in [1.807, 2.05) is 36.4 Å². The molecule has 1 saturated carbocycles. The van der Waals surface area contributed by atoms with Crippen molar-refractivity contribution in [1.29, 1.82) is 0 Å². The van der Waals surface area contributed by atoms with Gasteiger partial charge in [0.2, 0.25) is 5.91 Å². The Hall–Kier alpha value is -3.93. The average molecular weight is 428 g/mol. The van der Waals surface area contributed by atoms with E-state index in [1.165, 1.54) is 20.2 Å². The van der Waals surface area contributed by atoms with E-state index in [0.29, 0.717) is 17.1 Å². The summed E-state index contributed by atoms with van der Waals surface area (Å²) in [4.78, 5) is 24.1. The van der Waals surface area contributed by atoms with Crippen LogP contribution in [-0.2, 0) is 15.0 Å². The lowest BCUT2D eigenvalue weighted by Gasteiger charge is -2.18. The molecular weight excluding hydrogens is 404 g/mol. The summed E-state index contributed by atoms with van der Waals surface area (Å²) in [5, 5.41) is 4.13. The van der Waals surface area contributed by atoms with Crippen molar-refractivity contribution < 1.29 is 19.1 Å². The van der Waals surface area contributed by atoms with Crippen LogP contribution in [0.4, 0.5) is 0 Å². The van der Waals surface area contributed by atoms with Gasteiger partial charge in [0.1, 0.15) is 0 Å². The van der Waals surface area contributed by atoms with Gasteiger partial charge in [-0.05, 0) is 41.3 Å². The van der Waals surface area contributed by atoms with E-state index in [-0.39, 0.29) is 17.2 Å². The van der Waals surface area contributed by atoms with Gasteiger partial charge in [-0.3, -0.25) is 9.59 Å². The predicted octanol–water partition coefficient (Wildman–Crippen LogP) is 4.08. The van der Waals surface area contributed by atoms with E-state index in [0.717, 1.165) is 17.5 Å². The largest absolute Gasteiger partial charge is 0.493 e. The number of nitrogens with one attached hydrogen (secondary N) is 1. The third kappa shape index (κ3) is 4.25. The van der Waals surface area contributed by atoms with Gasteiger partial charge in [0, 0.05) is 12.3 Å². The van der Waals surface area contributed by atoms with E-state index in [9.17, 15) is 9.59 Å².